The molecule has 0 fully saturated rings. The van der Waals surface area contributed by atoms with Crippen molar-refractivity contribution in [2.45, 2.75) is 19.9 Å². The highest BCUT2D eigenvalue weighted by Gasteiger charge is 2.30. The van der Waals surface area contributed by atoms with Crippen LogP contribution in [0.3, 0.4) is 0 Å². The van der Waals surface area contributed by atoms with Crippen molar-refractivity contribution in [3.05, 3.63) is 70.6 Å². The minimum Gasteiger partial charge on any atom is -0.350 e. The summed E-state index contributed by atoms with van der Waals surface area (Å²) in [6.45, 7) is 2.74. The van der Waals surface area contributed by atoms with Gasteiger partial charge in [0.05, 0.1) is 12.7 Å². The molecular formula is C23H20F2N6O2. The largest absolute Gasteiger partial charge is 0.350 e. The summed E-state index contributed by atoms with van der Waals surface area (Å²) in [4.78, 5) is 34.3. The molecule has 0 atom stereocenters. The zero-order valence-electron chi connectivity index (χ0n) is 17.8. The Labute approximate surface area is 188 Å². The Kier molecular flexibility index (Phi) is 5.20. The van der Waals surface area contributed by atoms with Crippen molar-refractivity contribution in [2.75, 3.05) is 24.5 Å². The molecule has 2 aliphatic heterocycles. The third-order valence-corrected chi connectivity index (χ3v) is 5.85. The molecule has 3 aromatic rings. The maximum absolute atomic E-state index is 14.6. The molecule has 0 spiro atoms. The van der Waals surface area contributed by atoms with Crippen LogP contribution in [0.15, 0.2) is 47.7 Å². The normalized spacial score (nSPS) is 15.6. The van der Waals surface area contributed by atoms with Gasteiger partial charge in [-0.3, -0.25) is 14.3 Å². The van der Waals surface area contributed by atoms with Gasteiger partial charge in [-0.2, -0.15) is 5.10 Å². The molecule has 0 aliphatic carbocycles. The molecule has 1 aromatic carbocycles. The Morgan fingerprint density at radius 3 is 2.82 bits per heavy atom. The van der Waals surface area contributed by atoms with Crippen LogP contribution in [0.1, 0.15) is 29.4 Å². The van der Waals surface area contributed by atoms with E-state index in [1.165, 1.54) is 23.7 Å². The number of rotatable bonds is 5. The number of Topliss-reactive ketones (excluding diaryl/α,β-unsaturated/α-hetero) is 1. The highest BCUT2D eigenvalue weighted by atomic mass is 19.1. The zero-order valence-corrected chi connectivity index (χ0v) is 17.8. The average molecular weight is 450 g/mol. The smallest absolute Gasteiger partial charge is 0.247 e. The topological polar surface area (TPSA) is 93.0 Å². The lowest BCUT2D eigenvalue weighted by molar-refractivity contribution is -0.116. The SMILES string of the molecule is CC(=O)c1cc(-c2ncc(F)c(N3CCC4=C(CNC4=O)C3)n2)nn1Cc1ccccc1F. The molecule has 0 bridgehead atoms. The molecule has 0 radical (unpaired) electrons. The second-order valence-corrected chi connectivity index (χ2v) is 8.02. The van der Waals surface area contributed by atoms with Gasteiger partial charge in [0.25, 0.3) is 0 Å². The van der Waals surface area contributed by atoms with Gasteiger partial charge in [0.15, 0.2) is 23.2 Å². The van der Waals surface area contributed by atoms with Gasteiger partial charge in [0, 0.05) is 37.7 Å². The van der Waals surface area contributed by atoms with Gasteiger partial charge >= 0.3 is 0 Å². The molecule has 5 rings (SSSR count). The van der Waals surface area contributed by atoms with E-state index in [-0.39, 0.29) is 41.3 Å². The summed E-state index contributed by atoms with van der Waals surface area (Å²) in [5.74, 6) is -1.03. The lowest BCUT2D eigenvalue weighted by atomic mass is 10.0. The number of hydrogen-bond donors (Lipinski definition) is 1. The van der Waals surface area contributed by atoms with Crippen molar-refractivity contribution in [1.29, 1.82) is 0 Å². The zero-order chi connectivity index (χ0) is 23.1. The number of nitrogens with one attached hydrogen (secondary N) is 1. The first-order valence-electron chi connectivity index (χ1n) is 10.5. The molecule has 2 aliphatic rings. The average Bonchev–Trinajstić information content (AvgIpc) is 3.39. The third kappa shape index (κ3) is 3.88. The number of nitrogens with zero attached hydrogens (tertiary/aromatic N) is 5. The molecule has 1 N–H and O–H groups in total. The van der Waals surface area contributed by atoms with Crippen LogP contribution in [0.5, 0.6) is 0 Å². The monoisotopic (exact) mass is 450 g/mol. The summed E-state index contributed by atoms with van der Waals surface area (Å²) < 4.78 is 30.2. The molecule has 0 saturated carbocycles. The lowest BCUT2D eigenvalue weighted by Crippen LogP contribution is -2.33. The van der Waals surface area contributed by atoms with E-state index in [0.29, 0.717) is 31.6 Å². The molecule has 10 heteroatoms. The van der Waals surface area contributed by atoms with E-state index in [1.807, 2.05) is 0 Å². The first-order chi connectivity index (χ1) is 15.9. The Balaban J connectivity index is 1.48. The fourth-order valence-electron chi connectivity index (χ4n) is 4.16. The number of halogens is 2. The fraction of sp³-hybridized carbons (Fsp3) is 0.261. The molecular weight excluding hydrogens is 430 g/mol. The quantitative estimate of drug-likeness (QED) is 0.601. The van der Waals surface area contributed by atoms with E-state index in [4.69, 9.17) is 0 Å². The van der Waals surface area contributed by atoms with E-state index in [0.717, 1.165) is 17.3 Å². The molecule has 0 unspecified atom stereocenters. The van der Waals surface area contributed by atoms with Crippen LogP contribution >= 0.6 is 0 Å². The van der Waals surface area contributed by atoms with Crippen LogP contribution < -0.4 is 10.2 Å². The van der Waals surface area contributed by atoms with Crippen LogP contribution in [0.25, 0.3) is 11.5 Å². The predicted octanol–water partition coefficient (Wildman–Crippen LogP) is 2.51. The van der Waals surface area contributed by atoms with Crippen molar-refractivity contribution in [1.82, 2.24) is 25.1 Å². The van der Waals surface area contributed by atoms with Gasteiger partial charge in [-0.05, 0) is 24.1 Å². The molecule has 0 saturated heterocycles. The van der Waals surface area contributed by atoms with E-state index >= 15 is 0 Å². The number of aromatic nitrogens is 4. The van der Waals surface area contributed by atoms with E-state index in [9.17, 15) is 18.4 Å². The number of ketones is 1. The molecule has 2 aromatic heterocycles. The van der Waals surface area contributed by atoms with Crippen LogP contribution in [0.4, 0.5) is 14.6 Å². The fourth-order valence-corrected chi connectivity index (χ4v) is 4.16. The van der Waals surface area contributed by atoms with Crippen LogP contribution in [-0.4, -0.2) is 51.1 Å². The second kappa shape index (κ2) is 8.19. The summed E-state index contributed by atoms with van der Waals surface area (Å²) in [6.07, 6.45) is 1.58. The number of carbonyl (C=O) groups excluding carboxylic acids is 2. The van der Waals surface area contributed by atoms with Gasteiger partial charge in [-0.1, -0.05) is 18.2 Å². The standard InChI is InChI=1S/C23H20F2N6O2/c1-13(32)20-8-19(29-31(20)12-14-4-2-3-5-17(14)24)21-26-10-18(25)22(28-21)30-7-6-16-15(11-30)9-27-23(16)33/h2-5,8,10H,6-7,9,11-12H2,1H3,(H,27,33). The van der Waals surface area contributed by atoms with Gasteiger partial charge in [0.1, 0.15) is 17.2 Å². The maximum Gasteiger partial charge on any atom is 0.247 e. The van der Waals surface area contributed by atoms with Crippen molar-refractivity contribution < 1.29 is 18.4 Å². The minimum absolute atomic E-state index is 0.0553. The number of amides is 1. The molecule has 33 heavy (non-hydrogen) atoms. The molecule has 4 heterocycles. The highest BCUT2D eigenvalue weighted by molar-refractivity contribution is 5.97. The first kappa shape index (κ1) is 20.9. The van der Waals surface area contributed by atoms with Gasteiger partial charge < -0.3 is 10.2 Å². The van der Waals surface area contributed by atoms with Gasteiger partial charge in [-0.15, -0.1) is 0 Å². The van der Waals surface area contributed by atoms with Crippen LogP contribution in [0, 0.1) is 11.6 Å². The van der Waals surface area contributed by atoms with E-state index in [2.05, 4.69) is 20.4 Å². The van der Waals surface area contributed by atoms with Gasteiger partial charge in [-0.25, -0.2) is 18.7 Å². The number of anilines is 1. The molecule has 8 nitrogen and oxygen atoms in total. The maximum atomic E-state index is 14.6. The van der Waals surface area contributed by atoms with Crippen LogP contribution in [0.2, 0.25) is 0 Å². The van der Waals surface area contributed by atoms with Crippen molar-refractivity contribution >= 4 is 17.5 Å². The lowest BCUT2D eigenvalue weighted by Gasteiger charge is -2.28. The Bertz CT molecular complexity index is 1320. The molecule has 1 amide bonds. The highest BCUT2D eigenvalue weighted by Crippen LogP contribution is 2.28. The number of benzene rings is 1. The Hall–Kier alpha value is -3.95. The summed E-state index contributed by atoms with van der Waals surface area (Å²) >= 11 is 0. The minimum atomic E-state index is -0.585. The summed E-state index contributed by atoms with van der Waals surface area (Å²) in [5.41, 5.74) is 2.63. The van der Waals surface area contributed by atoms with Crippen molar-refractivity contribution in [3.8, 4) is 11.5 Å². The van der Waals surface area contributed by atoms with Crippen molar-refractivity contribution in [2.24, 2.45) is 0 Å². The molecule has 168 valence electrons. The Morgan fingerprint density at radius 2 is 2.03 bits per heavy atom. The second-order valence-electron chi connectivity index (χ2n) is 8.02. The number of carbonyl (C=O) groups is 2. The van der Waals surface area contributed by atoms with Gasteiger partial charge in [0.2, 0.25) is 5.91 Å². The summed E-state index contributed by atoms with van der Waals surface area (Å²) in [5, 5.41) is 7.21. The van der Waals surface area contributed by atoms with E-state index in [1.54, 1.807) is 23.1 Å². The first-order valence-corrected chi connectivity index (χ1v) is 10.5. The van der Waals surface area contributed by atoms with E-state index < -0.39 is 11.6 Å². The third-order valence-electron chi connectivity index (χ3n) is 5.85. The Morgan fingerprint density at radius 1 is 1.21 bits per heavy atom. The predicted molar refractivity (Wildman–Crippen MR) is 116 cm³/mol. The van der Waals surface area contributed by atoms with Crippen molar-refractivity contribution in [3.63, 3.8) is 0 Å². The number of hydrogen-bond acceptors (Lipinski definition) is 6. The summed E-state index contributed by atoms with van der Waals surface area (Å²) in [7, 11) is 0. The summed E-state index contributed by atoms with van der Waals surface area (Å²) in [6, 6.07) is 7.78. The van der Waals surface area contributed by atoms with Crippen LogP contribution in [-0.2, 0) is 11.3 Å².